The number of benzene rings is 1. The van der Waals surface area contributed by atoms with Crippen LogP contribution in [0.5, 0.6) is 6.01 Å². The van der Waals surface area contributed by atoms with Crippen LogP contribution in [0, 0.1) is 0 Å². The number of H-pyrrole nitrogens is 1. The van der Waals surface area contributed by atoms with Crippen LogP contribution in [-0.2, 0) is 32.5 Å². The predicted molar refractivity (Wildman–Crippen MR) is 150 cm³/mol. The number of nitrogen functional groups attached to an aromatic ring is 1. The lowest BCUT2D eigenvalue weighted by Gasteiger charge is -2.23. The van der Waals surface area contributed by atoms with E-state index in [1.807, 2.05) is 6.92 Å². The van der Waals surface area contributed by atoms with Gasteiger partial charge in [-0.3, -0.25) is 14.2 Å². The van der Waals surface area contributed by atoms with Crippen LogP contribution >= 0.6 is 0 Å². The summed E-state index contributed by atoms with van der Waals surface area (Å²) in [6, 6.07) is 6.99. The number of unbranched alkanes of at least 4 members (excludes halogenated alkanes) is 1. The van der Waals surface area contributed by atoms with Gasteiger partial charge in [-0.05, 0) is 30.9 Å². The molecule has 0 aliphatic carbocycles. The van der Waals surface area contributed by atoms with Crippen molar-refractivity contribution < 1.29 is 27.9 Å². The van der Waals surface area contributed by atoms with E-state index >= 15 is 0 Å². The first kappa shape index (κ1) is 30.6. The number of aromatic amines is 1. The van der Waals surface area contributed by atoms with E-state index in [4.69, 9.17) is 10.5 Å². The molecule has 0 spiro atoms. The Morgan fingerprint density at radius 2 is 2.00 bits per heavy atom. The fraction of sp³-hybridized carbons (Fsp3) is 0.500. The third-order valence-electron chi connectivity index (χ3n) is 6.40. The zero-order valence-corrected chi connectivity index (χ0v) is 23.7. The molecule has 0 saturated carbocycles. The van der Waals surface area contributed by atoms with Gasteiger partial charge in [-0.25, -0.2) is 13.2 Å². The molecule has 13 nitrogen and oxygen atoms in total. The highest BCUT2D eigenvalue weighted by molar-refractivity contribution is 7.90. The molecule has 1 atom stereocenters. The fourth-order valence-electron chi connectivity index (χ4n) is 4.08. The van der Waals surface area contributed by atoms with Crippen LogP contribution in [0.2, 0.25) is 0 Å². The first-order valence-corrected chi connectivity index (χ1v) is 15.1. The number of sulfone groups is 1. The topological polar surface area (TPSA) is 191 Å². The van der Waals surface area contributed by atoms with Gasteiger partial charge in [-0.2, -0.15) is 9.97 Å². The summed E-state index contributed by atoms with van der Waals surface area (Å²) in [5.74, 6) is -2.27. The fourth-order valence-corrected chi connectivity index (χ4v) is 4.62. The quantitative estimate of drug-likeness (QED) is 0.225. The molecule has 2 aromatic heterocycles. The monoisotopic (exact) mass is 576 g/mol. The van der Waals surface area contributed by atoms with E-state index in [0.29, 0.717) is 29.7 Å². The molecular formula is C26H36N6O7S. The average Bonchev–Trinajstić information content (AvgIpc) is 3.21. The van der Waals surface area contributed by atoms with Crippen LogP contribution in [0.3, 0.4) is 0 Å². The number of nitrogens with one attached hydrogen (secondary N) is 1. The first-order valence-electron chi connectivity index (χ1n) is 13.1. The van der Waals surface area contributed by atoms with Crippen LogP contribution in [0.25, 0.3) is 11.2 Å². The predicted octanol–water partition coefficient (Wildman–Crippen LogP) is 1.92. The summed E-state index contributed by atoms with van der Waals surface area (Å²) in [6.07, 6.45) is 2.95. The number of hydrogen-bond donors (Lipinski definition) is 3. The Balaban J connectivity index is 1.80. The molecule has 0 aliphatic heterocycles. The second-order valence-electron chi connectivity index (χ2n) is 9.73. The number of carbonyl (C=O) groups is 2. The standard InChI is InChI=1S/C26H36N6O7S/c1-4-5-13-39-25-29-22(27)21-23(30-25)32(26(36)28-21)12-7-11-31(20(33)10-14-40(3,37)38)16-18-8-6-9-19(15-18)17(2)24(34)35/h6,8-9,15,17H,4-5,7,10-14,16H2,1-3H3,(H,28,36)(H,34,35)(H2,27,29,30). The molecule has 0 saturated heterocycles. The van der Waals surface area contributed by atoms with Crippen molar-refractivity contribution in [3.63, 3.8) is 0 Å². The van der Waals surface area contributed by atoms with Gasteiger partial charge < -0.3 is 25.5 Å². The number of carboxylic acid groups (broad SMARTS) is 1. The summed E-state index contributed by atoms with van der Waals surface area (Å²) in [5, 5.41) is 9.36. The second kappa shape index (κ2) is 13.4. The first-order chi connectivity index (χ1) is 18.9. The van der Waals surface area contributed by atoms with E-state index in [0.717, 1.165) is 19.1 Å². The van der Waals surface area contributed by atoms with Gasteiger partial charge in [0.25, 0.3) is 0 Å². The third-order valence-corrected chi connectivity index (χ3v) is 7.35. The molecule has 0 aliphatic rings. The summed E-state index contributed by atoms with van der Waals surface area (Å²) >= 11 is 0. The molecule has 14 heteroatoms. The third kappa shape index (κ3) is 8.28. The van der Waals surface area contributed by atoms with Crippen molar-refractivity contribution in [2.75, 3.05) is 30.9 Å². The number of anilines is 1. The summed E-state index contributed by atoms with van der Waals surface area (Å²) < 4.78 is 30.3. The lowest BCUT2D eigenvalue weighted by atomic mass is 9.99. The molecule has 1 amide bonds. The van der Waals surface area contributed by atoms with Crippen LogP contribution < -0.4 is 16.2 Å². The number of nitrogens with zero attached hydrogens (tertiary/aromatic N) is 4. The van der Waals surface area contributed by atoms with Crippen molar-refractivity contribution >= 4 is 38.7 Å². The molecular weight excluding hydrogens is 540 g/mol. The number of carbonyl (C=O) groups excluding carboxylic acids is 1. The molecule has 1 aromatic carbocycles. The van der Waals surface area contributed by atoms with Crippen LogP contribution in [0.4, 0.5) is 5.82 Å². The SMILES string of the molecule is CCCCOc1nc(N)c2[nH]c(=O)n(CCCN(Cc3cccc(C(C)C(=O)O)c3)C(=O)CCS(C)(=O)=O)c2n1. The molecule has 0 bridgehead atoms. The van der Waals surface area contributed by atoms with Gasteiger partial charge in [0.15, 0.2) is 11.5 Å². The molecule has 0 fully saturated rings. The summed E-state index contributed by atoms with van der Waals surface area (Å²) in [7, 11) is -3.36. The molecule has 2 heterocycles. The lowest BCUT2D eigenvalue weighted by molar-refractivity contribution is -0.138. The maximum Gasteiger partial charge on any atom is 0.327 e. The number of amides is 1. The van der Waals surface area contributed by atoms with Gasteiger partial charge in [0.2, 0.25) is 5.91 Å². The zero-order chi connectivity index (χ0) is 29.4. The van der Waals surface area contributed by atoms with Crippen LogP contribution in [0.1, 0.15) is 56.6 Å². The minimum Gasteiger partial charge on any atom is -0.481 e. The lowest BCUT2D eigenvalue weighted by Crippen LogP contribution is -2.33. The summed E-state index contributed by atoms with van der Waals surface area (Å²) in [6.45, 7) is 4.56. The van der Waals surface area contributed by atoms with Crippen molar-refractivity contribution in [2.24, 2.45) is 0 Å². The van der Waals surface area contributed by atoms with E-state index in [9.17, 15) is 27.9 Å². The van der Waals surface area contributed by atoms with Gasteiger partial charge in [-0.15, -0.1) is 0 Å². The number of imidazole rings is 1. The second-order valence-corrected chi connectivity index (χ2v) is 12.0. The van der Waals surface area contributed by atoms with Gasteiger partial charge >= 0.3 is 17.7 Å². The largest absolute Gasteiger partial charge is 0.481 e. The number of aromatic nitrogens is 4. The molecule has 40 heavy (non-hydrogen) atoms. The highest BCUT2D eigenvalue weighted by Gasteiger charge is 2.20. The van der Waals surface area contributed by atoms with Gasteiger partial charge in [-0.1, -0.05) is 37.6 Å². The number of carboxylic acids is 1. The number of rotatable bonds is 15. The maximum atomic E-state index is 13.0. The number of ether oxygens (including phenoxy) is 1. The van der Waals surface area contributed by atoms with E-state index < -0.39 is 27.4 Å². The number of fused-ring (bicyclic) bond motifs is 1. The molecule has 4 N–H and O–H groups in total. The minimum absolute atomic E-state index is 0.0688. The molecule has 3 aromatic rings. The Bertz CT molecular complexity index is 1520. The van der Waals surface area contributed by atoms with Crippen LogP contribution in [0.15, 0.2) is 29.1 Å². The van der Waals surface area contributed by atoms with E-state index in [1.54, 1.807) is 31.2 Å². The highest BCUT2D eigenvalue weighted by atomic mass is 32.2. The van der Waals surface area contributed by atoms with Gasteiger partial charge in [0.05, 0.1) is 18.3 Å². The van der Waals surface area contributed by atoms with E-state index in [-0.39, 0.29) is 55.2 Å². The van der Waals surface area contributed by atoms with Crippen molar-refractivity contribution in [2.45, 2.75) is 58.5 Å². The van der Waals surface area contributed by atoms with Crippen molar-refractivity contribution in [1.29, 1.82) is 0 Å². The Morgan fingerprint density at radius 3 is 2.67 bits per heavy atom. The maximum absolute atomic E-state index is 13.0. The Morgan fingerprint density at radius 1 is 1.25 bits per heavy atom. The molecule has 3 rings (SSSR count). The summed E-state index contributed by atoms with van der Waals surface area (Å²) in [5.41, 5.74) is 7.45. The Labute approximate surface area is 232 Å². The van der Waals surface area contributed by atoms with Gasteiger partial charge in [0.1, 0.15) is 15.4 Å². The Hall–Kier alpha value is -3.94. The van der Waals surface area contributed by atoms with E-state index in [2.05, 4.69) is 15.0 Å². The van der Waals surface area contributed by atoms with E-state index in [1.165, 1.54) is 9.47 Å². The number of aryl methyl sites for hydroxylation is 1. The molecule has 1 unspecified atom stereocenters. The van der Waals surface area contributed by atoms with Crippen molar-refractivity contribution in [3.05, 3.63) is 45.9 Å². The number of hydrogen-bond acceptors (Lipinski definition) is 9. The van der Waals surface area contributed by atoms with Crippen molar-refractivity contribution in [1.82, 2.24) is 24.4 Å². The van der Waals surface area contributed by atoms with Crippen molar-refractivity contribution in [3.8, 4) is 6.01 Å². The molecule has 0 radical (unpaired) electrons. The number of nitrogens with two attached hydrogens (primary N) is 1. The smallest absolute Gasteiger partial charge is 0.327 e. The summed E-state index contributed by atoms with van der Waals surface area (Å²) in [4.78, 5) is 49.8. The Kier molecular flexibility index (Phi) is 10.3. The average molecular weight is 577 g/mol. The highest BCUT2D eigenvalue weighted by Crippen LogP contribution is 2.20. The minimum atomic E-state index is -3.36. The zero-order valence-electron chi connectivity index (χ0n) is 22.9. The van der Waals surface area contributed by atoms with Gasteiger partial charge in [0, 0.05) is 32.3 Å². The normalized spacial score (nSPS) is 12.4. The number of aliphatic carboxylic acids is 1. The molecule has 218 valence electrons. The van der Waals surface area contributed by atoms with Crippen LogP contribution in [-0.4, -0.2) is 75.0 Å².